The molecule has 28 heavy (non-hydrogen) atoms. The van der Waals surface area contributed by atoms with Crippen LogP contribution in [0.3, 0.4) is 0 Å². The van der Waals surface area contributed by atoms with E-state index in [1.807, 2.05) is 12.1 Å². The highest BCUT2D eigenvalue weighted by molar-refractivity contribution is 6.07. The topological polar surface area (TPSA) is 97.0 Å². The lowest BCUT2D eigenvalue weighted by molar-refractivity contribution is -0.125. The average molecular weight is 387 g/mol. The fourth-order valence-electron chi connectivity index (χ4n) is 4.09. The highest BCUT2D eigenvalue weighted by Crippen LogP contribution is 2.34. The van der Waals surface area contributed by atoms with Gasteiger partial charge in [0, 0.05) is 19.5 Å². The van der Waals surface area contributed by atoms with E-state index in [4.69, 9.17) is 9.47 Å². The third-order valence-corrected chi connectivity index (χ3v) is 5.72. The Hall–Kier alpha value is -2.61. The van der Waals surface area contributed by atoms with Gasteiger partial charge >= 0.3 is 6.03 Å². The zero-order chi connectivity index (χ0) is 19.6. The molecule has 1 aromatic rings. The highest BCUT2D eigenvalue weighted by Gasteiger charge is 2.47. The SMILES string of the molecule is O=C1NC(=O)C2(CCN(CCCCC(=O)c3cccc4c3OCCO4)CC2)N1. The second-order valence-corrected chi connectivity index (χ2v) is 7.54. The van der Waals surface area contributed by atoms with Crippen LogP contribution in [0.15, 0.2) is 18.2 Å². The number of carbonyl (C=O) groups is 3. The summed E-state index contributed by atoms with van der Waals surface area (Å²) in [5.41, 5.74) is -0.127. The van der Waals surface area contributed by atoms with Gasteiger partial charge in [-0.15, -0.1) is 0 Å². The largest absolute Gasteiger partial charge is 0.486 e. The zero-order valence-electron chi connectivity index (χ0n) is 15.8. The molecular formula is C20H25N3O5. The summed E-state index contributed by atoms with van der Waals surface area (Å²) in [7, 11) is 0. The Labute approximate surface area is 163 Å². The van der Waals surface area contributed by atoms with Gasteiger partial charge in [-0.2, -0.15) is 0 Å². The van der Waals surface area contributed by atoms with Crippen molar-refractivity contribution in [3.8, 4) is 11.5 Å². The maximum absolute atomic E-state index is 12.6. The molecule has 2 N–H and O–H groups in total. The normalized spacial score (nSPS) is 20.7. The minimum atomic E-state index is -0.724. The summed E-state index contributed by atoms with van der Waals surface area (Å²) in [5, 5.41) is 5.10. The smallest absolute Gasteiger partial charge is 0.322 e. The Morgan fingerprint density at radius 3 is 2.64 bits per heavy atom. The van der Waals surface area contributed by atoms with Crippen molar-refractivity contribution in [1.29, 1.82) is 0 Å². The van der Waals surface area contributed by atoms with E-state index < -0.39 is 11.6 Å². The summed E-state index contributed by atoms with van der Waals surface area (Å²) >= 11 is 0. The second kappa shape index (κ2) is 7.79. The van der Waals surface area contributed by atoms with Crippen molar-refractivity contribution in [2.75, 3.05) is 32.8 Å². The van der Waals surface area contributed by atoms with Gasteiger partial charge in [0.15, 0.2) is 17.3 Å². The molecule has 1 aromatic carbocycles. The van der Waals surface area contributed by atoms with Gasteiger partial charge < -0.3 is 19.7 Å². The fraction of sp³-hybridized carbons (Fsp3) is 0.550. The van der Waals surface area contributed by atoms with Crippen LogP contribution in [0.1, 0.15) is 42.5 Å². The van der Waals surface area contributed by atoms with E-state index in [9.17, 15) is 14.4 Å². The first-order valence-electron chi connectivity index (χ1n) is 9.85. The summed E-state index contributed by atoms with van der Waals surface area (Å²) in [5.74, 6) is 1.07. The van der Waals surface area contributed by atoms with Crippen molar-refractivity contribution >= 4 is 17.7 Å². The van der Waals surface area contributed by atoms with Crippen LogP contribution in [0, 0.1) is 0 Å². The summed E-state index contributed by atoms with van der Waals surface area (Å²) in [6.45, 7) is 3.38. The lowest BCUT2D eigenvalue weighted by Crippen LogP contribution is -2.54. The number of hydrogen-bond donors (Lipinski definition) is 2. The number of ketones is 1. The predicted molar refractivity (Wildman–Crippen MR) is 101 cm³/mol. The van der Waals surface area contributed by atoms with E-state index in [2.05, 4.69) is 15.5 Å². The summed E-state index contributed by atoms with van der Waals surface area (Å²) in [4.78, 5) is 38.2. The Kier molecular flexibility index (Phi) is 5.21. The van der Waals surface area contributed by atoms with E-state index in [1.165, 1.54) is 0 Å². The molecule has 2 fully saturated rings. The van der Waals surface area contributed by atoms with E-state index in [0.717, 1.165) is 32.5 Å². The van der Waals surface area contributed by atoms with Crippen LogP contribution in [0.25, 0.3) is 0 Å². The first kappa shape index (κ1) is 18.7. The summed E-state index contributed by atoms with van der Waals surface area (Å²) < 4.78 is 11.2. The minimum Gasteiger partial charge on any atom is -0.486 e. The molecule has 0 aliphatic carbocycles. The van der Waals surface area contributed by atoms with Gasteiger partial charge in [-0.05, 0) is 44.4 Å². The van der Waals surface area contributed by atoms with Crippen LogP contribution < -0.4 is 20.1 Å². The number of nitrogens with zero attached hydrogens (tertiary/aromatic N) is 1. The molecule has 0 radical (unpaired) electrons. The molecule has 2 saturated heterocycles. The number of unbranched alkanes of at least 4 members (excludes halogenated alkanes) is 1. The second-order valence-electron chi connectivity index (χ2n) is 7.54. The van der Waals surface area contributed by atoms with Gasteiger partial charge in [-0.3, -0.25) is 14.9 Å². The van der Waals surface area contributed by atoms with Crippen LogP contribution in [0.2, 0.25) is 0 Å². The summed E-state index contributed by atoms with van der Waals surface area (Å²) in [6, 6.07) is 5.04. The van der Waals surface area contributed by atoms with Crippen LogP contribution in [-0.4, -0.2) is 61.0 Å². The maximum atomic E-state index is 12.6. The Morgan fingerprint density at radius 2 is 1.89 bits per heavy atom. The predicted octanol–water partition coefficient (Wildman–Crippen LogP) is 1.48. The number of urea groups is 1. The number of hydrogen-bond acceptors (Lipinski definition) is 6. The van der Waals surface area contributed by atoms with Gasteiger partial charge in [0.2, 0.25) is 0 Å². The average Bonchev–Trinajstić information content (AvgIpc) is 2.98. The minimum absolute atomic E-state index is 0.0743. The lowest BCUT2D eigenvalue weighted by atomic mass is 9.87. The summed E-state index contributed by atoms with van der Waals surface area (Å²) in [6.07, 6.45) is 3.41. The van der Waals surface area contributed by atoms with Gasteiger partial charge in [0.1, 0.15) is 18.8 Å². The Morgan fingerprint density at radius 1 is 1.11 bits per heavy atom. The highest BCUT2D eigenvalue weighted by atomic mass is 16.6. The Balaban J connectivity index is 1.21. The molecule has 4 rings (SSSR count). The number of imide groups is 1. The molecule has 8 nitrogen and oxygen atoms in total. The molecule has 8 heteroatoms. The van der Waals surface area contributed by atoms with Gasteiger partial charge in [-0.25, -0.2) is 4.79 Å². The van der Waals surface area contributed by atoms with E-state index in [-0.39, 0.29) is 11.7 Å². The quantitative estimate of drug-likeness (QED) is 0.436. The number of fused-ring (bicyclic) bond motifs is 1. The molecule has 1 spiro atoms. The van der Waals surface area contributed by atoms with Crippen molar-refractivity contribution in [2.24, 2.45) is 0 Å². The van der Waals surface area contributed by atoms with Crippen molar-refractivity contribution in [3.63, 3.8) is 0 Å². The number of amides is 3. The fourth-order valence-corrected chi connectivity index (χ4v) is 4.09. The molecule has 3 amide bonds. The molecule has 150 valence electrons. The first-order chi connectivity index (χ1) is 13.6. The number of ether oxygens (including phenoxy) is 2. The molecule has 3 aliphatic rings. The molecule has 0 unspecified atom stereocenters. The third kappa shape index (κ3) is 3.69. The molecule has 0 bridgehead atoms. The molecule has 3 aliphatic heterocycles. The van der Waals surface area contributed by atoms with Crippen molar-refractivity contribution in [1.82, 2.24) is 15.5 Å². The molecule has 0 atom stereocenters. The number of piperidine rings is 1. The molecular weight excluding hydrogens is 362 g/mol. The van der Waals surface area contributed by atoms with Crippen LogP contribution in [0.5, 0.6) is 11.5 Å². The number of benzene rings is 1. The standard InChI is InChI=1S/C20H25N3O5/c24-15(14-4-3-6-16-17(14)28-13-12-27-16)5-1-2-9-23-10-7-20(8-11-23)18(25)21-19(26)22-20/h3-4,6H,1-2,5,7-13H2,(H2,21,22,25,26). The van der Waals surface area contributed by atoms with Crippen molar-refractivity contribution in [2.45, 2.75) is 37.6 Å². The van der Waals surface area contributed by atoms with Gasteiger partial charge in [-0.1, -0.05) is 6.07 Å². The lowest BCUT2D eigenvalue weighted by Gasteiger charge is -2.36. The van der Waals surface area contributed by atoms with E-state index in [0.29, 0.717) is 49.5 Å². The molecule has 0 saturated carbocycles. The monoisotopic (exact) mass is 387 g/mol. The van der Waals surface area contributed by atoms with Crippen LogP contribution in [0.4, 0.5) is 4.79 Å². The van der Waals surface area contributed by atoms with Gasteiger partial charge in [0.25, 0.3) is 5.91 Å². The third-order valence-electron chi connectivity index (χ3n) is 5.72. The zero-order valence-corrected chi connectivity index (χ0v) is 15.8. The number of rotatable bonds is 6. The van der Waals surface area contributed by atoms with E-state index >= 15 is 0 Å². The number of nitrogens with one attached hydrogen (secondary N) is 2. The first-order valence-corrected chi connectivity index (χ1v) is 9.85. The Bertz CT molecular complexity index is 786. The van der Waals surface area contributed by atoms with Crippen molar-refractivity contribution < 1.29 is 23.9 Å². The number of likely N-dealkylation sites (tertiary alicyclic amines) is 1. The van der Waals surface area contributed by atoms with Crippen LogP contribution in [-0.2, 0) is 4.79 Å². The molecule has 0 aromatic heterocycles. The number of para-hydroxylation sites is 1. The maximum Gasteiger partial charge on any atom is 0.322 e. The molecule has 3 heterocycles. The van der Waals surface area contributed by atoms with Crippen molar-refractivity contribution in [3.05, 3.63) is 23.8 Å². The van der Waals surface area contributed by atoms with E-state index in [1.54, 1.807) is 6.07 Å². The van der Waals surface area contributed by atoms with Crippen LogP contribution >= 0.6 is 0 Å². The van der Waals surface area contributed by atoms with Gasteiger partial charge in [0.05, 0.1) is 5.56 Å². The number of carbonyl (C=O) groups excluding carboxylic acids is 3. The number of Topliss-reactive ketones (excluding diaryl/α,β-unsaturated/α-hetero) is 1.